The first-order chi connectivity index (χ1) is 15.2. The lowest BCUT2D eigenvalue weighted by atomic mass is 10.0. The maximum absolute atomic E-state index is 11.8. The minimum Gasteiger partial charge on any atom is -0.465 e. The van der Waals surface area contributed by atoms with Crippen molar-refractivity contribution in [2.75, 3.05) is 18.5 Å². The smallest absolute Gasteiger partial charge is 0.325 e. The van der Waals surface area contributed by atoms with Gasteiger partial charge in [-0.2, -0.15) is 5.10 Å². The van der Waals surface area contributed by atoms with Crippen LogP contribution in [0.15, 0.2) is 85.3 Å². The highest BCUT2D eigenvalue weighted by Gasteiger charge is 2.10. The van der Waals surface area contributed by atoms with Gasteiger partial charge in [0.25, 0.3) is 0 Å². The van der Waals surface area contributed by atoms with Gasteiger partial charge >= 0.3 is 5.97 Å². The van der Waals surface area contributed by atoms with Crippen LogP contribution in [-0.4, -0.2) is 33.9 Å². The van der Waals surface area contributed by atoms with Crippen LogP contribution in [0.1, 0.15) is 12.5 Å². The lowest BCUT2D eigenvalue weighted by Crippen LogP contribution is -2.16. The molecule has 6 heteroatoms. The molecule has 0 aliphatic rings. The van der Waals surface area contributed by atoms with E-state index in [1.165, 1.54) is 0 Å². The number of benzene rings is 2. The molecule has 6 nitrogen and oxygen atoms in total. The Morgan fingerprint density at radius 1 is 1.00 bits per heavy atom. The first-order valence-corrected chi connectivity index (χ1v) is 10.2. The maximum atomic E-state index is 11.8. The highest BCUT2D eigenvalue weighted by atomic mass is 16.5. The number of carbonyl (C=O) groups is 1. The van der Waals surface area contributed by atoms with E-state index in [-0.39, 0.29) is 12.5 Å². The Morgan fingerprint density at radius 2 is 1.84 bits per heavy atom. The number of nitrogens with one attached hydrogen (secondary N) is 1. The highest BCUT2D eigenvalue weighted by molar-refractivity contribution is 5.79. The summed E-state index contributed by atoms with van der Waals surface area (Å²) in [5.41, 5.74) is 5.90. The van der Waals surface area contributed by atoms with Gasteiger partial charge in [-0.15, -0.1) is 0 Å². The van der Waals surface area contributed by atoms with Crippen molar-refractivity contribution in [3.05, 3.63) is 90.9 Å². The van der Waals surface area contributed by atoms with Gasteiger partial charge < -0.3 is 10.1 Å². The molecule has 0 aliphatic carbocycles. The van der Waals surface area contributed by atoms with E-state index in [4.69, 9.17) is 9.84 Å². The van der Waals surface area contributed by atoms with Gasteiger partial charge in [-0.3, -0.25) is 14.5 Å². The summed E-state index contributed by atoms with van der Waals surface area (Å²) in [6, 6.07) is 22.2. The predicted molar refractivity (Wildman–Crippen MR) is 122 cm³/mol. The molecule has 4 aromatic rings. The van der Waals surface area contributed by atoms with Gasteiger partial charge in [-0.05, 0) is 53.9 Å². The standard InChI is InChI=1S/C25H24N4O2/c1-2-31-25(30)17-27-23-14-21(20-8-4-3-5-9-20)13-22(15-23)24-10-12-29(28-24)18-19-7-6-11-26-16-19/h3-16,27H,2,17-18H2,1H3. The highest BCUT2D eigenvalue weighted by Crippen LogP contribution is 2.29. The van der Waals surface area contributed by atoms with Crippen molar-refractivity contribution in [2.45, 2.75) is 13.5 Å². The fraction of sp³-hybridized carbons (Fsp3) is 0.160. The zero-order chi connectivity index (χ0) is 21.5. The molecule has 2 heterocycles. The van der Waals surface area contributed by atoms with Crippen molar-refractivity contribution in [3.63, 3.8) is 0 Å². The first-order valence-electron chi connectivity index (χ1n) is 10.2. The van der Waals surface area contributed by atoms with Crippen LogP contribution in [-0.2, 0) is 16.1 Å². The van der Waals surface area contributed by atoms with Crippen molar-refractivity contribution >= 4 is 11.7 Å². The maximum Gasteiger partial charge on any atom is 0.325 e. The van der Waals surface area contributed by atoms with Crippen LogP contribution < -0.4 is 5.32 Å². The molecule has 0 saturated heterocycles. The average Bonchev–Trinajstić information content (AvgIpc) is 3.27. The van der Waals surface area contributed by atoms with Gasteiger partial charge in [0.2, 0.25) is 0 Å². The van der Waals surface area contributed by atoms with Crippen molar-refractivity contribution in [1.29, 1.82) is 0 Å². The molecule has 0 bridgehead atoms. The van der Waals surface area contributed by atoms with Crippen LogP contribution in [0.25, 0.3) is 22.4 Å². The molecular weight excluding hydrogens is 388 g/mol. The summed E-state index contributed by atoms with van der Waals surface area (Å²) < 4.78 is 6.93. The number of esters is 1. The SMILES string of the molecule is CCOC(=O)CNc1cc(-c2ccccc2)cc(-c2ccn(Cc3cccnc3)n2)c1. The van der Waals surface area contributed by atoms with Crippen LogP contribution in [0.4, 0.5) is 5.69 Å². The molecule has 4 rings (SSSR count). The number of aromatic nitrogens is 3. The summed E-state index contributed by atoms with van der Waals surface area (Å²) in [6.45, 7) is 2.93. The Kier molecular flexibility index (Phi) is 6.38. The summed E-state index contributed by atoms with van der Waals surface area (Å²) >= 11 is 0. The largest absolute Gasteiger partial charge is 0.465 e. The van der Waals surface area contributed by atoms with Crippen LogP contribution in [0.2, 0.25) is 0 Å². The third kappa shape index (κ3) is 5.36. The quantitative estimate of drug-likeness (QED) is 0.427. The van der Waals surface area contributed by atoms with Gasteiger partial charge in [0.05, 0.1) is 18.8 Å². The normalized spacial score (nSPS) is 10.6. The van der Waals surface area contributed by atoms with E-state index in [0.29, 0.717) is 13.2 Å². The second kappa shape index (κ2) is 9.71. The molecular formula is C25H24N4O2. The molecule has 31 heavy (non-hydrogen) atoms. The number of hydrogen-bond acceptors (Lipinski definition) is 5. The number of ether oxygens (including phenoxy) is 1. The molecule has 1 N–H and O–H groups in total. The van der Waals surface area contributed by atoms with E-state index in [9.17, 15) is 4.79 Å². The molecule has 156 valence electrons. The van der Waals surface area contributed by atoms with Crippen LogP contribution in [0.3, 0.4) is 0 Å². The number of pyridine rings is 1. The summed E-state index contributed by atoms with van der Waals surface area (Å²) in [4.78, 5) is 16.0. The number of carbonyl (C=O) groups excluding carboxylic acids is 1. The molecule has 0 spiro atoms. The number of hydrogen-bond donors (Lipinski definition) is 1. The minimum atomic E-state index is -0.282. The lowest BCUT2D eigenvalue weighted by molar-refractivity contribution is -0.140. The number of anilines is 1. The lowest BCUT2D eigenvalue weighted by Gasteiger charge is -2.11. The van der Waals surface area contributed by atoms with Crippen LogP contribution in [0.5, 0.6) is 0 Å². The predicted octanol–water partition coefficient (Wildman–Crippen LogP) is 4.64. The molecule has 0 saturated carbocycles. The summed E-state index contributed by atoms with van der Waals surface area (Å²) in [7, 11) is 0. The van der Waals surface area contributed by atoms with Crippen molar-refractivity contribution in [1.82, 2.24) is 14.8 Å². The van der Waals surface area contributed by atoms with Crippen molar-refractivity contribution < 1.29 is 9.53 Å². The van der Waals surface area contributed by atoms with E-state index in [0.717, 1.165) is 33.6 Å². The zero-order valence-corrected chi connectivity index (χ0v) is 17.4. The van der Waals surface area contributed by atoms with Crippen molar-refractivity contribution in [2.24, 2.45) is 0 Å². The number of nitrogens with zero attached hydrogens (tertiary/aromatic N) is 3. The molecule has 0 aliphatic heterocycles. The Labute approximate surface area is 181 Å². The minimum absolute atomic E-state index is 0.112. The summed E-state index contributed by atoms with van der Waals surface area (Å²) in [6.07, 6.45) is 5.57. The van der Waals surface area contributed by atoms with Gasteiger partial charge in [-0.1, -0.05) is 36.4 Å². The van der Waals surface area contributed by atoms with Crippen LogP contribution in [0, 0.1) is 0 Å². The molecule has 2 aromatic carbocycles. The molecule has 0 unspecified atom stereocenters. The second-order valence-corrected chi connectivity index (χ2v) is 7.08. The molecule has 0 fully saturated rings. The molecule has 0 amide bonds. The zero-order valence-electron chi connectivity index (χ0n) is 17.4. The Bertz CT molecular complexity index is 1140. The third-order valence-electron chi connectivity index (χ3n) is 4.79. The topological polar surface area (TPSA) is 69.0 Å². The van der Waals surface area contributed by atoms with E-state index >= 15 is 0 Å². The van der Waals surface area contributed by atoms with Gasteiger partial charge in [0.15, 0.2) is 0 Å². The Morgan fingerprint density at radius 3 is 2.61 bits per heavy atom. The molecule has 0 radical (unpaired) electrons. The van der Waals surface area contributed by atoms with Gasteiger partial charge in [0.1, 0.15) is 6.54 Å². The van der Waals surface area contributed by atoms with Gasteiger partial charge in [-0.25, -0.2) is 0 Å². The van der Waals surface area contributed by atoms with E-state index in [1.54, 1.807) is 13.1 Å². The summed E-state index contributed by atoms with van der Waals surface area (Å²) in [5, 5.41) is 7.92. The van der Waals surface area contributed by atoms with E-state index in [2.05, 4.69) is 28.5 Å². The molecule has 2 aromatic heterocycles. The Balaban J connectivity index is 1.63. The number of rotatable bonds is 8. The second-order valence-electron chi connectivity index (χ2n) is 7.08. The fourth-order valence-electron chi connectivity index (χ4n) is 3.34. The summed E-state index contributed by atoms with van der Waals surface area (Å²) in [5.74, 6) is -0.282. The average molecular weight is 412 g/mol. The first kappa shape index (κ1) is 20.3. The Hall–Kier alpha value is -3.93. The van der Waals surface area contributed by atoms with Gasteiger partial charge in [0, 0.05) is 29.8 Å². The van der Waals surface area contributed by atoms with Crippen LogP contribution >= 0.6 is 0 Å². The third-order valence-corrected chi connectivity index (χ3v) is 4.79. The molecule has 0 atom stereocenters. The fourth-order valence-corrected chi connectivity index (χ4v) is 3.34. The monoisotopic (exact) mass is 412 g/mol. The van der Waals surface area contributed by atoms with E-state index in [1.807, 2.05) is 65.6 Å². The van der Waals surface area contributed by atoms with E-state index < -0.39 is 0 Å². The van der Waals surface area contributed by atoms with Crippen molar-refractivity contribution in [3.8, 4) is 22.4 Å².